The Bertz CT molecular complexity index is 1010. The molecule has 0 bridgehead atoms. The molecule has 1 N–H and O–H groups in total. The predicted octanol–water partition coefficient (Wildman–Crippen LogP) is 2.43. The van der Waals surface area contributed by atoms with Gasteiger partial charge in [-0.3, -0.25) is 0 Å². The standard InChI is InChI=1S/C16H14N2O5S/c1-10-3-6-12(7-4-10)24(20,21)23-11-5-8-13-14(9-11)18-15(17-13)16(19)22-2/h3-9H,1-2H3,(H,17,18). The van der Waals surface area contributed by atoms with E-state index in [0.717, 1.165) is 5.56 Å². The number of ether oxygens (including phenoxy) is 1. The highest BCUT2D eigenvalue weighted by Crippen LogP contribution is 2.23. The summed E-state index contributed by atoms with van der Waals surface area (Å²) >= 11 is 0. The van der Waals surface area contributed by atoms with E-state index < -0.39 is 16.1 Å². The average Bonchev–Trinajstić information content (AvgIpc) is 2.97. The normalized spacial score (nSPS) is 11.4. The number of benzene rings is 2. The molecule has 1 aromatic heterocycles. The third kappa shape index (κ3) is 3.09. The van der Waals surface area contributed by atoms with E-state index in [1.165, 1.54) is 31.4 Å². The first-order chi connectivity index (χ1) is 11.4. The number of methoxy groups -OCH3 is 1. The van der Waals surface area contributed by atoms with E-state index >= 15 is 0 Å². The van der Waals surface area contributed by atoms with Gasteiger partial charge in [-0.15, -0.1) is 0 Å². The highest BCUT2D eigenvalue weighted by molar-refractivity contribution is 7.87. The van der Waals surface area contributed by atoms with Crippen molar-refractivity contribution in [2.75, 3.05) is 7.11 Å². The molecule has 124 valence electrons. The quantitative estimate of drug-likeness (QED) is 0.575. The summed E-state index contributed by atoms with van der Waals surface area (Å²) in [6.07, 6.45) is 0. The monoisotopic (exact) mass is 346 g/mol. The van der Waals surface area contributed by atoms with Crippen molar-refractivity contribution in [3.05, 3.63) is 53.9 Å². The van der Waals surface area contributed by atoms with Gasteiger partial charge in [-0.2, -0.15) is 8.42 Å². The van der Waals surface area contributed by atoms with Crippen LogP contribution in [0, 0.1) is 6.92 Å². The number of esters is 1. The summed E-state index contributed by atoms with van der Waals surface area (Å²) in [6.45, 7) is 1.86. The molecule has 0 fully saturated rings. The number of carbonyl (C=O) groups is 1. The van der Waals surface area contributed by atoms with E-state index in [4.69, 9.17) is 4.18 Å². The van der Waals surface area contributed by atoms with Gasteiger partial charge in [0.15, 0.2) is 0 Å². The van der Waals surface area contributed by atoms with Gasteiger partial charge in [0.25, 0.3) is 0 Å². The van der Waals surface area contributed by atoms with Crippen molar-refractivity contribution in [2.24, 2.45) is 0 Å². The molecule has 0 atom stereocenters. The number of hydrogen-bond acceptors (Lipinski definition) is 6. The van der Waals surface area contributed by atoms with Crippen LogP contribution in [-0.4, -0.2) is 31.5 Å². The summed E-state index contributed by atoms with van der Waals surface area (Å²) < 4.78 is 34.3. The summed E-state index contributed by atoms with van der Waals surface area (Å²) in [4.78, 5) is 18.3. The first-order valence-corrected chi connectivity index (χ1v) is 8.39. The van der Waals surface area contributed by atoms with Crippen molar-refractivity contribution in [1.29, 1.82) is 0 Å². The van der Waals surface area contributed by atoms with Crippen molar-refractivity contribution < 1.29 is 22.1 Å². The number of aromatic nitrogens is 2. The van der Waals surface area contributed by atoms with Crippen LogP contribution in [0.1, 0.15) is 16.2 Å². The van der Waals surface area contributed by atoms with Crippen LogP contribution in [0.4, 0.5) is 0 Å². The van der Waals surface area contributed by atoms with Crippen LogP contribution < -0.4 is 4.18 Å². The Morgan fingerprint density at radius 2 is 1.83 bits per heavy atom. The Hall–Kier alpha value is -2.87. The molecule has 0 saturated heterocycles. The lowest BCUT2D eigenvalue weighted by atomic mass is 10.2. The summed E-state index contributed by atoms with van der Waals surface area (Å²) in [6, 6.07) is 10.8. The van der Waals surface area contributed by atoms with E-state index in [0.29, 0.717) is 11.0 Å². The van der Waals surface area contributed by atoms with E-state index in [9.17, 15) is 13.2 Å². The lowest BCUT2D eigenvalue weighted by molar-refractivity contribution is 0.0588. The van der Waals surface area contributed by atoms with Gasteiger partial charge in [-0.25, -0.2) is 9.78 Å². The smallest absolute Gasteiger partial charge is 0.374 e. The molecule has 0 spiro atoms. The molecule has 0 aliphatic carbocycles. The molecule has 24 heavy (non-hydrogen) atoms. The fraction of sp³-hybridized carbons (Fsp3) is 0.125. The van der Waals surface area contributed by atoms with Gasteiger partial charge in [0.2, 0.25) is 5.82 Å². The molecule has 0 saturated carbocycles. The lowest BCUT2D eigenvalue weighted by Gasteiger charge is -2.07. The molecule has 0 unspecified atom stereocenters. The van der Waals surface area contributed by atoms with Gasteiger partial charge in [-0.05, 0) is 31.2 Å². The highest BCUT2D eigenvalue weighted by atomic mass is 32.2. The summed E-state index contributed by atoms with van der Waals surface area (Å²) in [5.74, 6) is -0.463. The second-order valence-corrected chi connectivity index (χ2v) is 6.65. The number of fused-ring (bicyclic) bond motifs is 1. The predicted molar refractivity (Wildman–Crippen MR) is 86.4 cm³/mol. The Morgan fingerprint density at radius 3 is 2.50 bits per heavy atom. The fourth-order valence-corrected chi connectivity index (χ4v) is 3.04. The van der Waals surface area contributed by atoms with Crippen LogP contribution in [0.3, 0.4) is 0 Å². The Balaban J connectivity index is 1.92. The zero-order valence-electron chi connectivity index (χ0n) is 12.9. The zero-order valence-corrected chi connectivity index (χ0v) is 13.8. The van der Waals surface area contributed by atoms with E-state index in [1.807, 2.05) is 6.92 Å². The lowest BCUT2D eigenvalue weighted by Crippen LogP contribution is -2.09. The Kier molecular flexibility index (Phi) is 3.98. The fourth-order valence-electron chi connectivity index (χ4n) is 2.11. The number of carbonyl (C=O) groups excluding carboxylic acids is 1. The van der Waals surface area contributed by atoms with Crippen molar-refractivity contribution in [3.63, 3.8) is 0 Å². The zero-order chi connectivity index (χ0) is 17.3. The number of aryl methyl sites for hydroxylation is 1. The van der Waals surface area contributed by atoms with Crippen molar-refractivity contribution in [3.8, 4) is 5.75 Å². The number of rotatable bonds is 4. The first kappa shape index (κ1) is 16.0. The maximum Gasteiger partial charge on any atom is 0.374 e. The molecule has 0 amide bonds. The second-order valence-electron chi connectivity index (χ2n) is 5.11. The molecule has 3 aromatic rings. The van der Waals surface area contributed by atoms with Crippen molar-refractivity contribution in [2.45, 2.75) is 11.8 Å². The summed E-state index contributed by atoms with van der Waals surface area (Å²) in [5, 5.41) is 0. The highest BCUT2D eigenvalue weighted by Gasteiger charge is 2.18. The van der Waals surface area contributed by atoms with Gasteiger partial charge < -0.3 is 13.9 Å². The molecule has 0 radical (unpaired) electrons. The first-order valence-electron chi connectivity index (χ1n) is 6.98. The number of aromatic amines is 1. The van der Waals surface area contributed by atoms with Crippen LogP contribution in [0.25, 0.3) is 11.0 Å². The van der Waals surface area contributed by atoms with Gasteiger partial charge in [0.05, 0.1) is 18.1 Å². The number of nitrogens with one attached hydrogen (secondary N) is 1. The van der Waals surface area contributed by atoms with Gasteiger partial charge in [-0.1, -0.05) is 17.7 Å². The van der Waals surface area contributed by atoms with Crippen LogP contribution in [0.2, 0.25) is 0 Å². The number of H-pyrrole nitrogens is 1. The maximum absolute atomic E-state index is 12.3. The number of nitrogens with zero attached hydrogens (tertiary/aromatic N) is 1. The van der Waals surface area contributed by atoms with Crippen LogP contribution in [-0.2, 0) is 14.9 Å². The minimum absolute atomic E-state index is 0.0334. The molecule has 0 aliphatic rings. The molecule has 1 heterocycles. The minimum atomic E-state index is -3.94. The molecular formula is C16H14N2O5S. The number of hydrogen-bond donors (Lipinski definition) is 1. The molecular weight excluding hydrogens is 332 g/mol. The number of imidazole rings is 1. The Morgan fingerprint density at radius 1 is 1.12 bits per heavy atom. The third-order valence-corrected chi connectivity index (χ3v) is 4.61. The largest absolute Gasteiger partial charge is 0.463 e. The van der Waals surface area contributed by atoms with Gasteiger partial charge in [0, 0.05) is 6.07 Å². The van der Waals surface area contributed by atoms with E-state index in [-0.39, 0.29) is 16.5 Å². The van der Waals surface area contributed by atoms with E-state index in [1.54, 1.807) is 18.2 Å². The Labute approximate surface area is 138 Å². The van der Waals surface area contributed by atoms with Gasteiger partial charge >= 0.3 is 16.1 Å². The van der Waals surface area contributed by atoms with Crippen LogP contribution >= 0.6 is 0 Å². The second kappa shape index (κ2) is 5.97. The van der Waals surface area contributed by atoms with E-state index in [2.05, 4.69) is 14.7 Å². The third-order valence-electron chi connectivity index (χ3n) is 3.35. The summed E-state index contributed by atoms with van der Waals surface area (Å²) in [5.41, 5.74) is 1.91. The SMILES string of the molecule is COC(=O)c1nc2ccc(OS(=O)(=O)c3ccc(C)cc3)cc2[nH]1. The van der Waals surface area contributed by atoms with Crippen molar-refractivity contribution >= 4 is 27.1 Å². The molecule has 8 heteroatoms. The van der Waals surface area contributed by atoms with Crippen molar-refractivity contribution in [1.82, 2.24) is 9.97 Å². The maximum atomic E-state index is 12.3. The van der Waals surface area contributed by atoms with Crippen LogP contribution in [0.5, 0.6) is 5.75 Å². The molecule has 0 aliphatic heterocycles. The molecule has 3 rings (SSSR count). The van der Waals surface area contributed by atoms with Gasteiger partial charge in [0.1, 0.15) is 10.6 Å². The summed E-state index contributed by atoms with van der Waals surface area (Å²) in [7, 11) is -2.69. The molecule has 7 nitrogen and oxygen atoms in total. The topological polar surface area (TPSA) is 98.3 Å². The van der Waals surface area contributed by atoms with Crippen LogP contribution in [0.15, 0.2) is 47.4 Å². The molecule has 2 aromatic carbocycles. The average molecular weight is 346 g/mol. The minimum Gasteiger partial charge on any atom is -0.463 e.